The number of esters is 1. The highest BCUT2D eigenvalue weighted by Gasteiger charge is 2.22. The van der Waals surface area contributed by atoms with Crippen molar-refractivity contribution in [2.24, 2.45) is 5.11 Å². The maximum atomic E-state index is 11.9. The molecule has 104 valence electrons. The summed E-state index contributed by atoms with van der Waals surface area (Å²) in [6.07, 6.45) is 0.673. The Morgan fingerprint density at radius 1 is 1.74 bits per heavy atom. The zero-order chi connectivity index (χ0) is 14.1. The Labute approximate surface area is 123 Å². The van der Waals surface area contributed by atoms with E-state index < -0.39 is 6.04 Å². The summed E-state index contributed by atoms with van der Waals surface area (Å²) in [7, 11) is 0. The van der Waals surface area contributed by atoms with Crippen LogP contribution in [0.15, 0.2) is 21.0 Å². The van der Waals surface area contributed by atoms with Gasteiger partial charge in [0.25, 0.3) is 0 Å². The van der Waals surface area contributed by atoms with Gasteiger partial charge in [0.2, 0.25) is 0 Å². The summed E-state index contributed by atoms with van der Waals surface area (Å²) in [6.45, 7) is 3.12. The van der Waals surface area contributed by atoms with E-state index in [2.05, 4.69) is 31.3 Å². The van der Waals surface area contributed by atoms with Gasteiger partial charge in [0.15, 0.2) is 0 Å². The molecule has 6 nitrogen and oxygen atoms in total. The third-order valence-electron chi connectivity index (χ3n) is 2.24. The largest absolute Gasteiger partial charge is 0.465 e. The van der Waals surface area contributed by atoms with E-state index in [-0.39, 0.29) is 5.97 Å². The van der Waals surface area contributed by atoms with Crippen LogP contribution in [0.3, 0.4) is 0 Å². The number of ether oxygens (including phenoxy) is 1. The standard InChI is InChI=1S/C11H15BrN4O2S/c1-2-18-11(17)10(9-6-8(12)7-19-9)14-4-3-5-15-16-13/h6-7,10,14H,2-5H2,1H3. The predicted octanol–water partition coefficient (Wildman–Crippen LogP) is 3.40. The minimum absolute atomic E-state index is 0.291. The number of rotatable bonds is 8. The van der Waals surface area contributed by atoms with Crippen LogP contribution in [-0.2, 0) is 9.53 Å². The third kappa shape index (κ3) is 5.61. The first-order chi connectivity index (χ1) is 9.19. The normalized spacial score (nSPS) is 11.7. The second kappa shape index (κ2) is 8.92. The maximum Gasteiger partial charge on any atom is 0.328 e. The van der Waals surface area contributed by atoms with E-state index in [0.29, 0.717) is 26.1 Å². The maximum absolute atomic E-state index is 11.9. The quantitative estimate of drug-likeness (QED) is 0.257. The highest BCUT2D eigenvalue weighted by molar-refractivity contribution is 9.10. The monoisotopic (exact) mass is 346 g/mol. The average Bonchev–Trinajstić information content (AvgIpc) is 2.80. The summed E-state index contributed by atoms with van der Waals surface area (Å²) < 4.78 is 6.00. The summed E-state index contributed by atoms with van der Waals surface area (Å²) in [5.74, 6) is -0.291. The Balaban J connectivity index is 2.59. The van der Waals surface area contributed by atoms with Gasteiger partial charge in [-0.05, 0) is 47.4 Å². The SMILES string of the molecule is CCOC(=O)C(NCCCN=[N+]=[N-])c1cc(Br)cs1. The van der Waals surface area contributed by atoms with Gasteiger partial charge in [-0.3, -0.25) is 0 Å². The van der Waals surface area contributed by atoms with E-state index >= 15 is 0 Å². The summed E-state index contributed by atoms with van der Waals surface area (Å²) in [6, 6.07) is 1.43. The Morgan fingerprint density at radius 2 is 2.53 bits per heavy atom. The summed E-state index contributed by atoms with van der Waals surface area (Å²) in [5, 5.41) is 8.49. The van der Waals surface area contributed by atoms with Gasteiger partial charge in [-0.25, -0.2) is 4.79 Å². The van der Waals surface area contributed by atoms with E-state index in [0.717, 1.165) is 9.35 Å². The van der Waals surface area contributed by atoms with Gasteiger partial charge in [-0.2, -0.15) is 0 Å². The molecular formula is C11H15BrN4O2S. The van der Waals surface area contributed by atoms with Crippen molar-refractivity contribution in [1.29, 1.82) is 0 Å². The number of nitrogens with zero attached hydrogens (tertiary/aromatic N) is 3. The second-order valence-electron chi connectivity index (χ2n) is 3.61. The van der Waals surface area contributed by atoms with Crippen LogP contribution < -0.4 is 5.32 Å². The second-order valence-corrected chi connectivity index (χ2v) is 5.47. The van der Waals surface area contributed by atoms with E-state index in [1.807, 2.05) is 11.4 Å². The highest BCUT2D eigenvalue weighted by atomic mass is 79.9. The Bertz CT molecular complexity index is 459. The molecule has 0 aliphatic rings. The summed E-state index contributed by atoms with van der Waals surface area (Å²) in [4.78, 5) is 15.5. The minimum Gasteiger partial charge on any atom is -0.465 e. The van der Waals surface area contributed by atoms with Crippen LogP contribution in [0.25, 0.3) is 10.4 Å². The molecule has 0 aromatic carbocycles. The molecule has 1 atom stereocenters. The Morgan fingerprint density at radius 3 is 3.11 bits per heavy atom. The van der Waals surface area contributed by atoms with Crippen molar-refractivity contribution < 1.29 is 9.53 Å². The topological polar surface area (TPSA) is 87.1 Å². The fraction of sp³-hybridized carbons (Fsp3) is 0.545. The predicted molar refractivity (Wildman–Crippen MR) is 78.0 cm³/mol. The Kier molecular flexibility index (Phi) is 7.50. The summed E-state index contributed by atoms with van der Waals surface area (Å²) in [5.41, 5.74) is 8.17. The number of halogens is 1. The third-order valence-corrected chi connectivity index (χ3v) is 4.00. The molecule has 1 heterocycles. The van der Waals surface area contributed by atoms with Gasteiger partial charge in [0.05, 0.1) is 6.61 Å². The lowest BCUT2D eigenvalue weighted by Gasteiger charge is -2.15. The van der Waals surface area contributed by atoms with Crippen molar-refractivity contribution in [2.45, 2.75) is 19.4 Å². The number of hydrogen-bond acceptors (Lipinski definition) is 5. The Hall–Kier alpha value is -1.08. The first kappa shape index (κ1) is 16.0. The fourth-order valence-electron chi connectivity index (χ4n) is 1.45. The lowest BCUT2D eigenvalue weighted by molar-refractivity contribution is -0.145. The van der Waals surface area contributed by atoms with Crippen LogP contribution in [0, 0.1) is 0 Å². The van der Waals surface area contributed by atoms with Crippen LogP contribution >= 0.6 is 27.3 Å². The molecule has 19 heavy (non-hydrogen) atoms. The molecule has 1 unspecified atom stereocenters. The molecule has 0 bridgehead atoms. The molecule has 1 N–H and O–H groups in total. The van der Waals surface area contributed by atoms with E-state index in [1.54, 1.807) is 6.92 Å². The first-order valence-corrected chi connectivity index (χ1v) is 7.51. The molecule has 0 spiro atoms. The molecule has 8 heteroatoms. The molecule has 0 aliphatic heterocycles. The van der Waals surface area contributed by atoms with Crippen molar-refractivity contribution >= 4 is 33.2 Å². The van der Waals surface area contributed by atoms with Crippen LogP contribution in [0.5, 0.6) is 0 Å². The molecule has 1 aromatic heterocycles. The van der Waals surface area contributed by atoms with Crippen molar-refractivity contribution in [3.05, 3.63) is 31.2 Å². The number of carbonyl (C=O) groups excluding carboxylic acids is 1. The van der Waals surface area contributed by atoms with Crippen LogP contribution in [0.1, 0.15) is 24.3 Å². The molecule has 0 saturated carbocycles. The number of thiophene rings is 1. The zero-order valence-corrected chi connectivity index (χ0v) is 12.9. The molecule has 1 aromatic rings. The van der Waals surface area contributed by atoms with E-state index in [4.69, 9.17) is 10.3 Å². The highest BCUT2D eigenvalue weighted by Crippen LogP contribution is 2.26. The van der Waals surface area contributed by atoms with Gasteiger partial charge in [-0.15, -0.1) is 11.3 Å². The number of carbonyl (C=O) groups is 1. The van der Waals surface area contributed by atoms with Crippen molar-refractivity contribution in [2.75, 3.05) is 19.7 Å². The van der Waals surface area contributed by atoms with Crippen LogP contribution in [0.4, 0.5) is 0 Å². The van der Waals surface area contributed by atoms with E-state index in [1.165, 1.54) is 11.3 Å². The van der Waals surface area contributed by atoms with Crippen LogP contribution in [-0.4, -0.2) is 25.7 Å². The van der Waals surface area contributed by atoms with Gasteiger partial charge in [0.1, 0.15) is 6.04 Å². The molecule has 0 amide bonds. The van der Waals surface area contributed by atoms with Gasteiger partial charge < -0.3 is 10.1 Å². The number of azide groups is 1. The minimum atomic E-state index is -0.470. The van der Waals surface area contributed by atoms with Gasteiger partial charge in [0, 0.05) is 26.2 Å². The molecule has 0 radical (unpaired) electrons. The summed E-state index contributed by atoms with van der Waals surface area (Å²) >= 11 is 4.85. The zero-order valence-electron chi connectivity index (χ0n) is 10.5. The lowest BCUT2D eigenvalue weighted by atomic mass is 10.2. The van der Waals surface area contributed by atoms with Crippen LogP contribution in [0.2, 0.25) is 0 Å². The lowest BCUT2D eigenvalue weighted by Crippen LogP contribution is -2.30. The first-order valence-electron chi connectivity index (χ1n) is 5.83. The molecule has 0 fully saturated rings. The van der Waals surface area contributed by atoms with Crippen molar-refractivity contribution in [3.63, 3.8) is 0 Å². The molecular weight excluding hydrogens is 332 g/mol. The number of nitrogens with one attached hydrogen (secondary N) is 1. The smallest absolute Gasteiger partial charge is 0.328 e. The molecule has 1 rings (SSSR count). The van der Waals surface area contributed by atoms with Crippen molar-refractivity contribution in [3.8, 4) is 0 Å². The van der Waals surface area contributed by atoms with Gasteiger partial charge >= 0.3 is 5.97 Å². The molecule has 0 aliphatic carbocycles. The van der Waals surface area contributed by atoms with Crippen molar-refractivity contribution in [1.82, 2.24) is 5.32 Å². The molecule has 0 saturated heterocycles. The van der Waals surface area contributed by atoms with Gasteiger partial charge in [-0.1, -0.05) is 5.11 Å². The fourth-order valence-corrected chi connectivity index (χ4v) is 2.95. The van der Waals surface area contributed by atoms with E-state index in [9.17, 15) is 4.79 Å². The average molecular weight is 347 g/mol. The number of hydrogen-bond donors (Lipinski definition) is 1.